The summed E-state index contributed by atoms with van der Waals surface area (Å²) in [5.41, 5.74) is 0.856. The van der Waals surface area contributed by atoms with Crippen LogP contribution in [0.15, 0.2) is 29.4 Å². The molecule has 2 aromatic heterocycles. The van der Waals surface area contributed by atoms with Crippen molar-refractivity contribution >= 4 is 35.6 Å². The van der Waals surface area contributed by atoms with E-state index in [9.17, 15) is 0 Å². The summed E-state index contributed by atoms with van der Waals surface area (Å²) in [7, 11) is 0. The van der Waals surface area contributed by atoms with Gasteiger partial charge in [0, 0.05) is 19.3 Å². The Hall–Kier alpha value is -1.38. The van der Waals surface area contributed by atoms with Gasteiger partial charge < -0.3 is 10.6 Å². The molecule has 120 valence electrons. The number of pyridine rings is 1. The highest BCUT2D eigenvalue weighted by atomic mass is 127. The number of nitrogens with zero attached hydrogens (tertiary/aromatic N) is 4. The molecule has 1 saturated carbocycles. The fourth-order valence-corrected chi connectivity index (χ4v) is 2.29. The molecular weight excluding hydrogens is 391 g/mol. The minimum absolute atomic E-state index is 0. The van der Waals surface area contributed by atoms with Crippen molar-refractivity contribution in [3.63, 3.8) is 0 Å². The quantitative estimate of drug-likeness (QED) is 0.432. The maximum atomic E-state index is 4.59. The lowest BCUT2D eigenvalue weighted by atomic mass is 10.3. The van der Waals surface area contributed by atoms with Gasteiger partial charge in [0.25, 0.3) is 0 Å². The molecule has 0 unspecified atom stereocenters. The number of hydrogen-bond acceptors (Lipinski definition) is 3. The minimum atomic E-state index is 0. The second-order valence-electron chi connectivity index (χ2n) is 5.40. The van der Waals surface area contributed by atoms with Gasteiger partial charge in [-0.05, 0) is 31.4 Å². The van der Waals surface area contributed by atoms with Crippen molar-refractivity contribution in [3.05, 3.63) is 30.2 Å². The predicted octanol–water partition coefficient (Wildman–Crippen LogP) is 2.20. The van der Waals surface area contributed by atoms with Crippen molar-refractivity contribution in [1.29, 1.82) is 0 Å². The highest BCUT2D eigenvalue weighted by Gasteiger charge is 2.20. The Morgan fingerprint density at radius 3 is 2.95 bits per heavy atom. The SMILES string of the molecule is CCNC(=NCc1nnc2ccccn12)NCCC1CC1.I. The molecule has 0 amide bonds. The first-order chi connectivity index (χ1) is 10.4. The van der Waals surface area contributed by atoms with Gasteiger partial charge in [-0.1, -0.05) is 18.9 Å². The third-order valence-corrected chi connectivity index (χ3v) is 3.65. The van der Waals surface area contributed by atoms with Crippen molar-refractivity contribution in [2.24, 2.45) is 10.9 Å². The fraction of sp³-hybridized carbons (Fsp3) is 0.533. The lowest BCUT2D eigenvalue weighted by molar-refractivity contribution is 0.684. The largest absolute Gasteiger partial charge is 0.357 e. The highest BCUT2D eigenvalue weighted by molar-refractivity contribution is 14.0. The molecule has 7 heteroatoms. The highest BCUT2D eigenvalue weighted by Crippen LogP contribution is 2.31. The standard InChI is InChI=1S/C15H22N6.HI/c1-2-16-15(17-9-8-12-6-7-12)18-11-14-20-19-13-5-3-4-10-21(13)14;/h3-5,10,12H,2,6-9,11H2,1H3,(H2,16,17,18);1H. The monoisotopic (exact) mass is 414 g/mol. The third-order valence-electron chi connectivity index (χ3n) is 3.65. The molecule has 0 radical (unpaired) electrons. The number of halogens is 1. The van der Waals surface area contributed by atoms with E-state index in [0.717, 1.165) is 36.4 Å². The Morgan fingerprint density at radius 1 is 1.32 bits per heavy atom. The van der Waals surface area contributed by atoms with Crippen LogP contribution in [0.1, 0.15) is 32.0 Å². The summed E-state index contributed by atoms with van der Waals surface area (Å²) >= 11 is 0. The maximum Gasteiger partial charge on any atom is 0.191 e. The van der Waals surface area contributed by atoms with Gasteiger partial charge in [0.15, 0.2) is 17.4 Å². The number of fused-ring (bicyclic) bond motifs is 1. The van der Waals surface area contributed by atoms with Crippen LogP contribution < -0.4 is 10.6 Å². The summed E-state index contributed by atoms with van der Waals surface area (Å²) in [4.78, 5) is 4.59. The summed E-state index contributed by atoms with van der Waals surface area (Å²) in [6.45, 7) is 4.43. The van der Waals surface area contributed by atoms with Crippen molar-refractivity contribution in [1.82, 2.24) is 25.2 Å². The molecule has 3 rings (SSSR count). The molecule has 22 heavy (non-hydrogen) atoms. The van der Waals surface area contributed by atoms with E-state index in [0.29, 0.717) is 6.54 Å². The minimum Gasteiger partial charge on any atom is -0.357 e. The zero-order valence-electron chi connectivity index (χ0n) is 12.8. The molecule has 6 nitrogen and oxygen atoms in total. The van der Waals surface area contributed by atoms with Crippen LogP contribution in [0.2, 0.25) is 0 Å². The molecule has 0 saturated heterocycles. The van der Waals surface area contributed by atoms with Gasteiger partial charge in [-0.3, -0.25) is 4.40 Å². The van der Waals surface area contributed by atoms with E-state index < -0.39 is 0 Å². The summed E-state index contributed by atoms with van der Waals surface area (Å²) in [5, 5.41) is 15.0. The lowest BCUT2D eigenvalue weighted by Crippen LogP contribution is -2.37. The van der Waals surface area contributed by atoms with E-state index in [2.05, 4.69) is 32.7 Å². The van der Waals surface area contributed by atoms with Crippen LogP contribution in [0.25, 0.3) is 5.65 Å². The Morgan fingerprint density at radius 2 is 2.18 bits per heavy atom. The number of guanidine groups is 1. The van der Waals surface area contributed by atoms with Crippen LogP contribution in [-0.2, 0) is 6.54 Å². The van der Waals surface area contributed by atoms with Gasteiger partial charge in [0.05, 0.1) is 0 Å². The maximum absolute atomic E-state index is 4.59. The second-order valence-corrected chi connectivity index (χ2v) is 5.40. The van der Waals surface area contributed by atoms with Gasteiger partial charge >= 0.3 is 0 Å². The summed E-state index contributed by atoms with van der Waals surface area (Å²) in [6.07, 6.45) is 5.98. The van der Waals surface area contributed by atoms with E-state index in [4.69, 9.17) is 0 Å². The zero-order valence-corrected chi connectivity index (χ0v) is 15.2. The lowest BCUT2D eigenvalue weighted by Gasteiger charge is -2.10. The van der Waals surface area contributed by atoms with Crippen molar-refractivity contribution in [2.45, 2.75) is 32.7 Å². The van der Waals surface area contributed by atoms with Crippen LogP contribution in [0.4, 0.5) is 0 Å². The molecule has 0 aliphatic heterocycles. The van der Waals surface area contributed by atoms with Gasteiger partial charge in [0.1, 0.15) is 6.54 Å². The fourth-order valence-electron chi connectivity index (χ4n) is 2.29. The second kappa shape index (κ2) is 8.30. The van der Waals surface area contributed by atoms with E-state index >= 15 is 0 Å². The van der Waals surface area contributed by atoms with Crippen LogP contribution in [0.5, 0.6) is 0 Å². The van der Waals surface area contributed by atoms with E-state index in [1.54, 1.807) is 0 Å². The van der Waals surface area contributed by atoms with Gasteiger partial charge in [0.2, 0.25) is 0 Å². The normalized spacial score (nSPS) is 14.7. The van der Waals surface area contributed by atoms with E-state index in [1.807, 2.05) is 28.8 Å². The Bertz CT molecular complexity index is 619. The topological polar surface area (TPSA) is 66.6 Å². The number of hydrogen-bond donors (Lipinski definition) is 2. The molecule has 2 aromatic rings. The van der Waals surface area contributed by atoms with Crippen molar-refractivity contribution < 1.29 is 0 Å². The molecule has 1 fully saturated rings. The van der Waals surface area contributed by atoms with Crippen LogP contribution in [-0.4, -0.2) is 33.6 Å². The summed E-state index contributed by atoms with van der Waals surface area (Å²) in [6, 6.07) is 5.88. The molecular formula is C15H23IN6. The number of aromatic nitrogens is 3. The van der Waals surface area contributed by atoms with E-state index in [1.165, 1.54) is 19.3 Å². The molecule has 1 aliphatic rings. The Labute approximate surface area is 147 Å². The summed E-state index contributed by atoms with van der Waals surface area (Å²) < 4.78 is 1.97. The van der Waals surface area contributed by atoms with Crippen LogP contribution >= 0.6 is 24.0 Å². The van der Waals surface area contributed by atoms with Gasteiger partial charge in [-0.2, -0.15) is 0 Å². The summed E-state index contributed by atoms with van der Waals surface area (Å²) in [5.74, 6) is 2.64. The van der Waals surface area contributed by atoms with Crippen molar-refractivity contribution in [3.8, 4) is 0 Å². The molecule has 0 spiro atoms. The smallest absolute Gasteiger partial charge is 0.191 e. The molecule has 2 N–H and O–H groups in total. The van der Waals surface area contributed by atoms with Gasteiger partial charge in [-0.25, -0.2) is 4.99 Å². The van der Waals surface area contributed by atoms with Crippen molar-refractivity contribution in [2.75, 3.05) is 13.1 Å². The molecule has 0 bridgehead atoms. The first kappa shape index (κ1) is 17.0. The molecule has 2 heterocycles. The first-order valence-electron chi connectivity index (χ1n) is 7.67. The number of aliphatic imine (C=N–C) groups is 1. The molecule has 0 atom stereocenters. The molecule has 0 aromatic carbocycles. The Balaban J connectivity index is 0.00000176. The van der Waals surface area contributed by atoms with Gasteiger partial charge in [-0.15, -0.1) is 34.2 Å². The number of rotatable bonds is 6. The molecule has 1 aliphatic carbocycles. The third kappa shape index (κ3) is 4.56. The number of nitrogens with one attached hydrogen (secondary N) is 2. The first-order valence-corrected chi connectivity index (χ1v) is 7.67. The van der Waals surface area contributed by atoms with Crippen LogP contribution in [0.3, 0.4) is 0 Å². The zero-order chi connectivity index (χ0) is 14.5. The average Bonchev–Trinajstić information content (AvgIpc) is 3.24. The average molecular weight is 414 g/mol. The van der Waals surface area contributed by atoms with E-state index in [-0.39, 0.29) is 24.0 Å². The Kier molecular flexibility index (Phi) is 6.41. The predicted molar refractivity (Wildman–Crippen MR) is 98.6 cm³/mol. The van der Waals surface area contributed by atoms with Crippen LogP contribution in [0, 0.1) is 5.92 Å².